The lowest BCUT2D eigenvalue weighted by Gasteiger charge is -2.41. The summed E-state index contributed by atoms with van der Waals surface area (Å²) in [6.45, 7) is 2.13. The van der Waals surface area contributed by atoms with E-state index in [9.17, 15) is 9.90 Å². The van der Waals surface area contributed by atoms with Gasteiger partial charge in [-0.05, 0) is 18.9 Å². The molecule has 1 unspecified atom stereocenters. The largest absolute Gasteiger partial charge is 0.386 e. The molecule has 25 heavy (non-hydrogen) atoms. The maximum atomic E-state index is 12.3. The van der Waals surface area contributed by atoms with Crippen molar-refractivity contribution in [3.63, 3.8) is 0 Å². The van der Waals surface area contributed by atoms with Gasteiger partial charge in [-0.15, -0.1) is 0 Å². The van der Waals surface area contributed by atoms with Crippen LogP contribution in [0.15, 0.2) is 37.2 Å². The molecule has 0 radical (unpaired) electrons. The summed E-state index contributed by atoms with van der Waals surface area (Å²) in [4.78, 5) is 28.4. The Hall–Kier alpha value is -2.48. The second kappa shape index (κ2) is 7.60. The third kappa shape index (κ3) is 4.54. The van der Waals surface area contributed by atoms with Crippen molar-refractivity contribution in [3.05, 3.63) is 37.2 Å². The van der Waals surface area contributed by atoms with Crippen LogP contribution in [-0.2, 0) is 11.3 Å². The van der Waals surface area contributed by atoms with Gasteiger partial charge in [-0.2, -0.15) is 0 Å². The van der Waals surface area contributed by atoms with Crippen LogP contribution in [0.4, 0.5) is 5.95 Å². The topological polar surface area (TPSA) is 87.4 Å². The Morgan fingerprint density at radius 3 is 2.88 bits per heavy atom. The third-order valence-electron chi connectivity index (χ3n) is 4.49. The van der Waals surface area contributed by atoms with Crippen LogP contribution in [0.1, 0.15) is 19.3 Å². The van der Waals surface area contributed by atoms with Gasteiger partial charge < -0.3 is 19.5 Å². The molecule has 1 aliphatic rings. The predicted octanol–water partition coefficient (Wildman–Crippen LogP) is 0.553. The van der Waals surface area contributed by atoms with Crippen LogP contribution in [0.25, 0.3) is 0 Å². The van der Waals surface area contributed by atoms with Crippen LogP contribution in [0, 0.1) is 0 Å². The Morgan fingerprint density at radius 1 is 1.36 bits per heavy atom. The van der Waals surface area contributed by atoms with E-state index in [-0.39, 0.29) is 5.91 Å². The summed E-state index contributed by atoms with van der Waals surface area (Å²) in [6.07, 6.45) is 10.5. The highest BCUT2D eigenvalue weighted by molar-refractivity contribution is 5.75. The first-order chi connectivity index (χ1) is 12.1. The van der Waals surface area contributed by atoms with E-state index >= 15 is 0 Å². The zero-order valence-electron chi connectivity index (χ0n) is 14.5. The minimum absolute atomic E-state index is 0.00945. The Bertz CT molecular complexity index is 678. The molecule has 0 saturated carbocycles. The SMILES string of the molecule is CN(CC1(O)CCCN(c2ncccn2)C1)C(=O)CCn1ccnc1. The highest BCUT2D eigenvalue weighted by atomic mass is 16.3. The third-order valence-corrected chi connectivity index (χ3v) is 4.49. The fourth-order valence-corrected chi connectivity index (χ4v) is 3.23. The standard InChI is InChI=1S/C17H24N6O2/c1-21(15(24)4-10-22-11-8-18-14-22)12-17(25)5-2-9-23(13-17)16-19-6-3-7-20-16/h3,6-8,11,14,25H,2,4-5,9-10,12-13H2,1H3. The van der Waals surface area contributed by atoms with Crippen LogP contribution in [0.3, 0.4) is 0 Å². The van der Waals surface area contributed by atoms with E-state index in [1.807, 2.05) is 15.7 Å². The van der Waals surface area contributed by atoms with Crippen LogP contribution in [0.2, 0.25) is 0 Å². The van der Waals surface area contributed by atoms with Crippen molar-refractivity contribution in [2.45, 2.75) is 31.4 Å². The summed E-state index contributed by atoms with van der Waals surface area (Å²) in [5.41, 5.74) is -0.948. The summed E-state index contributed by atoms with van der Waals surface area (Å²) >= 11 is 0. The Kier molecular flexibility index (Phi) is 5.28. The number of rotatable bonds is 6. The Morgan fingerprint density at radius 2 is 2.16 bits per heavy atom. The highest BCUT2D eigenvalue weighted by Gasteiger charge is 2.36. The van der Waals surface area contributed by atoms with Crippen LogP contribution in [0.5, 0.6) is 0 Å². The molecule has 134 valence electrons. The fourth-order valence-electron chi connectivity index (χ4n) is 3.23. The average molecular weight is 344 g/mol. The number of hydrogen-bond acceptors (Lipinski definition) is 6. The van der Waals surface area contributed by atoms with E-state index in [4.69, 9.17) is 0 Å². The van der Waals surface area contributed by atoms with Crippen molar-refractivity contribution >= 4 is 11.9 Å². The van der Waals surface area contributed by atoms with E-state index in [0.717, 1.165) is 13.0 Å². The molecule has 1 fully saturated rings. The molecule has 1 N–H and O–H groups in total. The summed E-state index contributed by atoms with van der Waals surface area (Å²) < 4.78 is 1.87. The second-order valence-corrected chi connectivity index (χ2v) is 6.60. The van der Waals surface area contributed by atoms with Gasteiger partial charge in [0.05, 0.1) is 25.0 Å². The van der Waals surface area contributed by atoms with Crippen LogP contribution < -0.4 is 4.90 Å². The molecule has 1 saturated heterocycles. The number of imidazole rings is 1. The maximum absolute atomic E-state index is 12.3. The van der Waals surface area contributed by atoms with Gasteiger partial charge in [-0.3, -0.25) is 4.79 Å². The van der Waals surface area contributed by atoms with Crippen LogP contribution in [-0.4, -0.2) is 67.7 Å². The molecule has 1 aliphatic heterocycles. The van der Waals surface area contributed by atoms with Gasteiger partial charge in [-0.25, -0.2) is 15.0 Å². The number of aliphatic hydroxyl groups is 1. The quantitative estimate of drug-likeness (QED) is 0.824. The molecule has 0 aromatic carbocycles. The van der Waals surface area contributed by atoms with Gasteiger partial charge in [0.15, 0.2) is 0 Å². The molecule has 3 rings (SSSR count). The number of carbonyl (C=O) groups is 1. The second-order valence-electron chi connectivity index (χ2n) is 6.60. The number of hydrogen-bond donors (Lipinski definition) is 1. The van der Waals surface area contributed by atoms with E-state index in [1.165, 1.54) is 0 Å². The van der Waals surface area contributed by atoms with Gasteiger partial charge in [0, 0.05) is 51.3 Å². The van der Waals surface area contributed by atoms with Gasteiger partial charge >= 0.3 is 0 Å². The molecule has 0 bridgehead atoms. The number of aryl methyl sites for hydroxylation is 1. The smallest absolute Gasteiger partial charge is 0.225 e. The lowest BCUT2D eigenvalue weighted by atomic mass is 9.92. The van der Waals surface area contributed by atoms with Crippen molar-refractivity contribution in [2.24, 2.45) is 0 Å². The van der Waals surface area contributed by atoms with E-state index in [1.54, 1.807) is 42.9 Å². The molecular weight excluding hydrogens is 320 g/mol. The van der Waals surface area contributed by atoms with Crippen molar-refractivity contribution in [1.82, 2.24) is 24.4 Å². The first-order valence-corrected chi connectivity index (χ1v) is 8.50. The predicted molar refractivity (Wildman–Crippen MR) is 92.9 cm³/mol. The van der Waals surface area contributed by atoms with E-state index in [2.05, 4.69) is 15.0 Å². The number of β-amino-alcohol motifs (C(OH)–C–C–N with tert-alkyl or cyclic N) is 1. The Balaban J connectivity index is 1.55. The van der Waals surface area contributed by atoms with Crippen molar-refractivity contribution in [2.75, 3.05) is 31.6 Å². The lowest BCUT2D eigenvalue weighted by Crippen LogP contribution is -2.55. The maximum Gasteiger partial charge on any atom is 0.225 e. The Labute approximate surface area is 147 Å². The minimum atomic E-state index is -0.948. The number of amides is 1. The number of carbonyl (C=O) groups excluding carboxylic acids is 1. The van der Waals surface area contributed by atoms with Gasteiger partial charge in [0.2, 0.25) is 11.9 Å². The van der Waals surface area contributed by atoms with Gasteiger partial charge in [-0.1, -0.05) is 0 Å². The average Bonchev–Trinajstić information content (AvgIpc) is 3.13. The summed E-state index contributed by atoms with van der Waals surface area (Å²) in [5.74, 6) is 0.630. The summed E-state index contributed by atoms with van der Waals surface area (Å²) in [5, 5.41) is 11.0. The minimum Gasteiger partial charge on any atom is -0.386 e. The van der Waals surface area contributed by atoms with Crippen LogP contribution >= 0.6 is 0 Å². The molecule has 1 amide bonds. The van der Waals surface area contributed by atoms with Gasteiger partial charge in [0.1, 0.15) is 0 Å². The van der Waals surface area contributed by atoms with Crippen molar-refractivity contribution in [3.8, 4) is 0 Å². The molecule has 3 heterocycles. The van der Waals surface area contributed by atoms with Gasteiger partial charge in [0.25, 0.3) is 0 Å². The molecular formula is C17H24N6O2. The zero-order chi connectivity index (χ0) is 17.7. The molecule has 1 atom stereocenters. The number of anilines is 1. The normalized spacial score (nSPS) is 20.5. The van der Waals surface area contributed by atoms with Crippen molar-refractivity contribution < 1.29 is 9.90 Å². The van der Waals surface area contributed by atoms with Crippen molar-refractivity contribution in [1.29, 1.82) is 0 Å². The molecule has 8 heteroatoms. The molecule has 8 nitrogen and oxygen atoms in total. The summed E-state index contributed by atoms with van der Waals surface area (Å²) in [6, 6.07) is 1.77. The van der Waals surface area contributed by atoms with E-state index in [0.29, 0.717) is 38.4 Å². The first-order valence-electron chi connectivity index (χ1n) is 8.50. The molecule has 2 aromatic heterocycles. The number of likely N-dealkylation sites (N-methyl/N-ethyl adjacent to an activating group) is 1. The zero-order valence-corrected chi connectivity index (χ0v) is 14.5. The molecule has 0 spiro atoms. The lowest BCUT2D eigenvalue weighted by molar-refractivity contribution is -0.133. The number of nitrogens with zero attached hydrogens (tertiary/aromatic N) is 6. The molecule has 0 aliphatic carbocycles. The first kappa shape index (κ1) is 17.3. The highest BCUT2D eigenvalue weighted by Crippen LogP contribution is 2.24. The monoisotopic (exact) mass is 344 g/mol. The fraction of sp³-hybridized carbons (Fsp3) is 0.529. The number of aromatic nitrogens is 4. The molecule has 2 aromatic rings. The van der Waals surface area contributed by atoms with E-state index < -0.39 is 5.60 Å². The number of piperidine rings is 1. The summed E-state index contributed by atoms with van der Waals surface area (Å²) in [7, 11) is 1.74.